The van der Waals surface area contributed by atoms with Crippen molar-refractivity contribution in [3.8, 4) is 0 Å². The van der Waals surface area contributed by atoms with Crippen molar-refractivity contribution in [3.63, 3.8) is 0 Å². The molecule has 0 atom stereocenters. The van der Waals surface area contributed by atoms with Gasteiger partial charge in [-0.3, -0.25) is 14.9 Å². The molecule has 0 aliphatic heterocycles. The summed E-state index contributed by atoms with van der Waals surface area (Å²) >= 11 is 1.51. The number of amides is 1. The minimum atomic E-state index is -0.832. The molecule has 0 saturated carbocycles. The SMILES string of the molecule is COC(=O)c1cc(NC(=O)I)ccc1[N+](=O)[O-]. The standard InChI is InChI=1S/C9H7IN2O5/c1-17-8(13)6-4-5(11-9(10)14)2-3-7(6)12(15)16/h2-4H,1H3,(H,11,14). The van der Waals surface area contributed by atoms with Crippen LogP contribution in [0, 0.1) is 10.1 Å². The molecule has 17 heavy (non-hydrogen) atoms. The van der Waals surface area contributed by atoms with Crippen LogP contribution in [0.5, 0.6) is 0 Å². The maximum atomic E-state index is 11.3. The quantitative estimate of drug-likeness (QED) is 0.225. The number of nitrogens with one attached hydrogen (secondary N) is 1. The van der Waals surface area contributed by atoms with E-state index in [1.165, 1.54) is 34.7 Å². The third kappa shape index (κ3) is 3.37. The van der Waals surface area contributed by atoms with E-state index in [0.717, 1.165) is 13.2 Å². The Balaban J connectivity index is 3.23. The molecule has 1 aromatic rings. The molecule has 0 unspecified atom stereocenters. The molecule has 0 fully saturated rings. The molecular weight excluding hydrogens is 343 g/mol. The number of carbonyl (C=O) groups excluding carboxylic acids is 2. The van der Waals surface area contributed by atoms with E-state index in [2.05, 4.69) is 10.1 Å². The summed E-state index contributed by atoms with van der Waals surface area (Å²) < 4.78 is 4.06. The molecule has 1 rings (SSSR count). The van der Waals surface area contributed by atoms with Crippen LogP contribution in [0.1, 0.15) is 10.4 Å². The van der Waals surface area contributed by atoms with E-state index in [-0.39, 0.29) is 20.9 Å². The van der Waals surface area contributed by atoms with Gasteiger partial charge in [-0.15, -0.1) is 0 Å². The highest BCUT2D eigenvalue weighted by Gasteiger charge is 2.21. The van der Waals surface area contributed by atoms with Gasteiger partial charge in [0.1, 0.15) is 5.56 Å². The van der Waals surface area contributed by atoms with Gasteiger partial charge in [0, 0.05) is 34.3 Å². The molecule has 8 heteroatoms. The summed E-state index contributed by atoms with van der Waals surface area (Å²) in [5, 5.41) is 13.1. The predicted octanol–water partition coefficient (Wildman–Crippen LogP) is 2.35. The molecule has 0 saturated heterocycles. The van der Waals surface area contributed by atoms with Gasteiger partial charge >= 0.3 is 5.97 Å². The predicted molar refractivity (Wildman–Crippen MR) is 67.5 cm³/mol. The van der Waals surface area contributed by atoms with Crippen molar-refractivity contribution in [1.82, 2.24) is 0 Å². The minimum Gasteiger partial charge on any atom is -0.465 e. The van der Waals surface area contributed by atoms with Crippen molar-refractivity contribution < 1.29 is 19.2 Å². The van der Waals surface area contributed by atoms with Crippen LogP contribution in [-0.4, -0.2) is 21.9 Å². The van der Waals surface area contributed by atoms with E-state index in [4.69, 9.17) is 0 Å². The Hall–Kier alpha value is -1.71. The number of ether oxygens (including phenoxy) is 1. The summed E-state index contributed by atoms with van der Waals surface area (Å²) in [5.74, 6) is -0.832. The lowest BCUT2D eigenvalue weighted by Crippen LogP contribution is -2.08. The number of halogens is 1. The smallest absolute Gasteiger partial charge is 0.344 e. The summed E-state index contributed by atoms with van der Waals surface area (Å²) in [5.41, 5.74) is -0.293. The maximum absolute atomic E-state index is 11.3. The van der Waals surface area contributed by atoms with Crippen LogP contribution in [0.25, 0.3) is 0 Å². The lowest BCUT2D eigenvalue weighted by Gasteiger charge is -2.04. The van der Waals surface area contributed by atoms with Gasteiger partial charge in [-0.05, 0) is 12.1 Å². The monoisotopic (exact) mass is 350 g/mol. The van der Waals surface area contributed by atoms with Gasteiger partial charge in [0.05, 0.1) is 12.0 Å². The van der Waals surface area contributed by atoms with Crippen molar-refractivity contribution in [3.05, 3.63) is 33.9 Å². The van der Waals surface area contributed by atoms with Crippen molar-refractivity contribution in [2.24, 2.45) is 0 Å². The highest BCUT2D eigenvalue weighted by Crippen LogP contribution is 2.23. The summed E-state index contributed by atoms with van der Waals surface area (Å²) in [7, 11) is 1.12. The molecule has 0 aliphatic carbocycles. The van der Waals surface area contributed by atoms with Gasteiger partial charge in [0.25, 0.3) is 9.60 Å². The van der Waals surface area contributed by atoms with E-state index < -0.39 is 10.9 Å². The fraction of sp³-hybridized carbons (Fsp3) is 0.111. The summed E-state index contributed by atoms with van der Waals surface area (Å²) in [6.07, 6.45) is 0. The van der Waals surface area contributed by atoms with E-state index in [9.17, 15) is 19.7 Å². The largest absolute Gasteiger partial charge is 0.465 e. The molecule has 1 amide bonds. The number of nitro groups is 1. The number of methoxy groups -OCH3 is 1. The van der Waals surface area contributed by atoms with Crippen LogP contribution in [-0.2, 0) is 4.74 Å². The number of hydrogen-bond donors (Lipinski definition) is 1. The van der Waals surface area contributed by atoms with E-state index in [0.29, 0.717) is 0 Å². The van der Waals surface area contributed by atoms with Crippen LogP contribution in [0.15, 0.2) is 18.2 Å². The number of benzene rings is 1. The minimum absolute atomic E-state index is 0.208. The molecular formula is C9H7IN2O5. The average Bonchev–Trinajstić information content (AvgIpc) is 2.26. The van der Waals surface area contributed by atoms with E-state index >= 15 is 0 Å². The van der Waals surface area contributed by atoms with Crippen molar-refractivity contribution >= 4 is 43.8 Å². The molecule has 0 aliphatic rings. The molecule has 7 nitrogen and oxygen atoms in total. The fourth-order valence-electron chi connectivity index (χ4n) is 1.16. The number of esters is 1. The Labute approximate surface area is 109 Å². The number of carbonyl (C=O) groups is 2. The second-order valence-corrected chi connectivity index (χ2v) is 3.86. The molecule has 0 heterocycles. The van der Waals surface area contributed by atoms with Crippen LogP contribution in [0.2, 0.25) is 0 Å². The molecule has 0 aromatic heterocycles. The second-order valence-electron chi connectivity index (χ2n) is 2.88. The van der Waals surface area contributed by atoms with Gasteiger partial charge in [0.2, 0.25) is 0 Å². The van der Waals surface area contributed by atoms with E-state index in [1.807, 2.05) is 0 Å². The Bertz CT molecular complexity index is 488. The topological polar surface area (TPSA) is 98.5 Å². The Kier molecular flexibility index (Phi) is 4.37. The van der Waals surface area contributed by atoms with E-state index in [1.54, 1.807) is 0 Å². The number of anilines is 1. The summed E-state index contributed by atoms with van der Waals surface area (Å²) in [6.45, 7) is 0. The van der Waals surface area contributed by atoms with Gasteiger partial charge in [-0.2, -0.15) is 0 Å². The molecule has 1 aromatic carbocycles. The zero-order chi connectivity index (χ0) is 13.0. The zero-order valence-corrected chi connectivity index (χ0v) is 10.8. The third-order valence-electron chi connectivity index (χ3n) is 1.84. The molecule has 0 spiro atoms. The second kappa shape index (κ2) is 5.57. The lowest BCUT2D eigenvalue weighted by molar-refractivity contribution is -0.385. The third-order valence-corrected chi connectivity index (χ3v) is 2.11. The normalized spacial score (nSPS) is 9.53. The molecule has 90 valence electrons. The number of nitro benzene ring substituents is 1. The van der Waals surface area contributed by atoms with Gasteiger partial charge in [-0.25, -0.2) is 4.79 Å². The van der Waals surface area contributed by atoms with Crippen LogP contribution < -0.4 is 5.32 Å². The van der Waals surface area contributed by atoms with Crippen LogP contribution in [0.3, 0.4) is 0 Å². The lowest BCUT2D eigenvalue weighted by atomic mass is 10.1. The Morgan fingerprint density at radius 2 is 2.12 bits per heavy atom. The van der Waals surface area contributed by atoms with Gasteiger partial charge in [0.15, 0.2) is 0 Å². The fourth-order valence-corrected chi connectivity index (χ4v) is 1.47. The molecule has 0 bridgehead atoms. The first-order valence-corrected chi connectivity index (χ1v) is 5.37. The van der Waals surface area contributed by atoms with Gasteiger partial charge < -0.3 is 10.1 Å². The Morgan fingerprint density at radius 1 is 1.47 bits per heavy atom. The highest BCUT2D eigenvalue weighted by atomic mass is 127. The van der Waals surface area contributed by atoms with Crippen molar-refractivity contribution in [2.75, 3.05) is 12.4 Å². The molecule has 0 radical (unpaired) electrons. The number of nitrogens with zero attached hydrogens (tertiary/aromatic N) is 1. The Morgan fingerprint density at radius 3 is 2.59 bits per heavy atom. The first-order chi connectivity index (χ1) is 7.95. The number of rotatable bonds is 3. The summed E-state index contributed by atoms with van der Waals surface area (Å²) in [6, 6.07) is 3.66. The van der Waals surface area contributed by atoms with Crippen LogP contribution in [0.4, 0.5) is 16.2 Å². The zero-order valence-electron chi connectivity index (χ0n) is 8.60. The maximum Gasteiger partial charge on any atom is 0.344 e. The highest BCUT2D eigenvalue weighted by molar-refractivity contribution is 14.1. The first-order valence-electron chi connectivity index (χ1n) is 4.29. The van der Waals surface area contributed by atoms with Crippen molar-refractivity contribution in [2.45, 2.75) is 0 Å². The first kappa shape index (κ1) is 13.4. The van der Waals surface area contributed by atoms with Crippen molar-refractivity contribution in [1.29, 1.82) is 0 Å². The van der Waals surface area contributed by atoms with Crippen LogP contribution >= 0.6 is 22.6 Å². The molecule has 1 N–H and O–H groups in total. The number of hydrogen-bond acceptors (Lipinski definition) is 5. The van der Waals surface area contributed by atoms with Gasteiger partial charge in [-0.1, -0.05) is 0 Å². The average molecular weight is 350 g/mol. The summed E-state index contributed by atoms with van der Waals surface area (Å²) in [4.78, 5) is 32.1.